The number of nitrogens with zero attached hydrogens (tertiary/aromatic N) is 2. The maximum absolute atomic E-state index is 11.9. The summed E-state index contributed by atoms with van der Waals surface area (Å²) < 4.78 is 1.09. The van der Waals surface area contributed by atoms with Gasteiger partial charge >= 0.3 is 0 Å². The van der Waals surface area contributed by atoms with Crippen molar-refractivity contribution >= 4 is 28.9 Å². The predicted molar refractivity (Wildman–Crippen MR) is 77.7 cm³/mol. The zero-order valence-corrected chi connectivity index (χ0v) is 11.5. The van der Waals surface area contributed by atoms with Crippen LogP contribution in [0.5, 0.6) is 0 Å². The summed E-state index contributed by atoms with van der Waals surface area (Å²) in [4.78, 5) is 23.5. The van der Waals surface area contributed by atoms with Gasteiger partial charge in [0.2, 0.25) is 5.91 Å². The number of nitrogen functional groups attached to an aromatic ring is 1. The number of carbonyl (C=O) groups is 1. The highest BCUT2D eigenvalue weighted by molar-refractivity contribution is 6.31. The Balaban J connectivity index is 2.15. The second-order valence-electron chi connectivity index (χ2n) is 4.25. The molecule has 0 aliphatic carbocycles. The summed E-state index contributed by atoms with van der Waals surface area (Å²) in [5.41, 5.74) is 6.84. The lowest BCUT2D eigenvalue weighted by Crippen LogP contribution is -2.29. The van der Waals surface area contributed by atoms with Gasteiger partial charge in [-0.05, 0) is 31.2 Å². The molecule has 0 spiro atoms. The number of hydrogen-bond donors (Lipinski definition) is 2. The Morgan fingerprint density at radius 2 is 2.15 bits per heavy atom. The third-order valence-corrected chi connectivity index (χ3v) is 2.82. The molecule has 0 aliphatic heterocycles. The Morgan fingerprint density at radius 3 is 2.90 bits per heavy atom. The quantitative estimate of drug-likeness (QED) is 0.837. The minimum absolute atomic E-state index is 0.188. The highest BCUT2D eigenvalue weighted by atomic mass is 35.5. The van der Waals surface area contributed by atoms with Crippen LogP contribution in [0, 0.1) is 6.92 Å². The fourth-order valence-corrected chi connectivity index (χ4v) is 1.80. The summed E-state index contributed by atoms with van der Waals surface area (Å²) in [6.07, 6.45) is 0. The molecule has 0 bridgehead atoms. The van der Waals surface area contributed by atoms with Gasteiger partial charge in [0.15, 0.2) is 0 Å². The molecule has 0 aliphatic rings. The van der Waals surface area contributed by atoms with Crippen LogP contribution in [0.4, 0.5) is 11.4 Å². The van der Waals surface area contributed by atoms with Crippen molar-refractivity contribution in [1.82, 2.24) is 9.78 Å². The van der Waals surface area contributed by atoms with E-state index in [2.05, 4.69) is 10.4 Å². The second-order valence-corrected chi connectivity index (χ2v) is 4.69. The number of aryl methyl sites for hydroxylation is 1. The van der Waals surface area contributed by atoms with Gasteiger partial charge in [0, 0.05) is 11.1 Å². The molecule has 0 saturated carbocycles. The third kappa shape index (κ3) is 3.36. The van der Waals surface area contributed by atoms with Crippen molar-refractivity contribution < 1.29 is 4.79 Å². The monoisotopic (exact) mass is 292 g/mol. The van der Waals surface area contributed by atoms with Crippen LogP contribution >= 0.6 is 11.6 Å². The molecule has 7 heteroatoms. The molecule has 0 unspecified atom stereocenters. The molecule has 1 aromatic carbocycles. The summed E-state index contributed by atoms with van der Waals surface area (Å²) in [5, 5.41) is 7.04. The molecule has 3 N–H and O–H groups in total. The van der Waals surface area contributed by atoms with E-state index < -0.39 is 5.91 Å². The Labute approximate surface area is 120 Å². The molecule has 0 saturated heterocycles. The van der Waals surface area contributed by atoms with Crippen molar-refractivity contribution in [1.29, 1.82) is 0 Å². The van der Waals surface area contributed by atoms with Gasteiger partial charge in [-0.25, -0.2) is 4.68 Å². The van der Waals surface area contributed by atoms with E-state index in [1.807, 2.05) is 0 Å². The number of benzene rings is 1. The molecular weight excluding hydrogens is 280 g/mol. The summed E-state index contributed by atoms with van der Waals surface area (Å²) in [5.74, 6) is -0.404. The van der Waals surface area contributed by atoms with E-state index in [0.717, 1.165) is 4.68 Å². The zero-order chi connectivity index (χ0) is 14.7. The maximum Gasteiger partial charge on any atom is 0.267 e. The summed E-state index contributed by atoms with van der Waals surface area (Å²) in [6, 6.07) is 7.71. The SMILES string of the molecule is Cc1ccc(=O)n(CC(=O)Nc2cc(Cl)ccc2N)n1. The fraction of sp³-hybridized carbons (Fsp3) is 0.154. The normalized spacial score (nSPS) is 10.3. The minimum Gasteiger partial charge on any atom is -0.397 e. The Bertz CT molecular complexity index is 712. The van der Waals surface area contributed by atoms with E-state index in [1.54, 1.807) is 31.2 Å². The van der Waals surface area contributed by atoms with E-state index in [0.29, 0.717) is 22.1 Å². The van der Waals surface area contributed by atoms with Crippen LogP contribution in [0.25, 0.3) is 0 Å². The van der Waals surface area contributed by atoms with Gasteiger partial charge in [-0.2, -0.15) is 5.10 Å². The van der Waals surface area contributed by atoms with Crippen molar-refractivity contribution in [2.24, 2.45) is 0 Å². The molecule has 0 atom stereocenters. The van der Waals surface area contributed by atoms with E-state index in [4.69, 9.17) is 17.3 Å². The second kappa shape index (κ2) is 5.75. The molecule has 20 heavy (non-hydrogen) atoms. The first-order valence-electron chi connectivity index (χ1n) is 5.85. The lowest BCUT2D eigenvalue weighted by atomic mass is 10.2. The Kier molecular flexibility index (Phi) is 4.05. The van der Waals surface area contributed by atoms with Gasteiger partial charge in [0.25, 0.3) is 5.56 Å². The molecule has 6 nitrogen and oxygen atoms in total. The van der Waals surface area contributed by atoms with Crippen LogP contribution in [0.1, 0.15) is 5.69 Å². The number of hydrogen-bond acceptors (Lipinski definition) is 4. The summed E-state index contributed by atoms with van der Waals surface area (Å²) in [6.45, 7) is 1.55. The average Bonchev–Trinajstić information content (AvgIpc) is 2.38. The van der Waals surface area contributed by atoms with Crippen molar-refractivity contribution in [2.45, 2.75) is 13.5 Å². The number of anilines is 2. The number of rotatable bonds is 3. The number of halogens is 1. The predicted octanol–water partition coefficient (Wildman–Crippen LogP) is 1.43. The molecule has 1 amide bonds. The minimum atomic E-state index is -0.404. The molecule has 0 radical (unpaired) electrons. The Hall–Kier alpha value is -2.34. The van der Waals surface area contributed by atoms with E-state index in [9.17, 15) is 9.59 Å². The first-order valence-corrected chi connectivity index (χ1v) is 6.23. The fourth-order valence-electron chi connectivity index (χ4n) is 1.63. The van der Waals surface area contributed by atoms with E-state index >= 15 is 0 Å². The molecule has 2 rings (SSSR count). The number of nitrogens with two attached hydrogens (primary N) is 1. The smallest absolute Gasteiger partial charge is 0.267 e. The van der Waals surface area contributed by atoms with Crippen LogP contribution in [-0.4, -0.2) is 15.7 Å². The molecule has 2 aromatic rings. The molecular formula is C13H13ClN4O2. The lowest BCUT2D eigenvalue weighted by molar-refractivity contribution is -0.117. The van der Waals surface area contributed by atoms with Gasteiger partial charge in [0.05, 0.1) is 17.1 Å². The topological polar surface area (TPSA) is 90.0 Å². The Morgan fingerprint density at radius 1 is 1.40 bits per heavy atom. The summed E-state index contributed by atoms with van der Waals surface area (Å²) in [7, 11) is 0. The third-order valence-electron chi connectivity index (χ3n) is 2.58. The number of carbonyl (C=O) groups excluding carboxylic acids is 1. The number of amides is 1. The van der Waals surface area contributed by atoms with Crippen LogP contribution in [0.15, 0.2) is 35.1 Å². The van der Waals surface area contributed by atoms with Crippen LogP contribution in [-0.2, 0) is 11.3 Å². The molecule has 104 valence electrons. The van der Waals surface area contributed by atoms with Gasteiger partial charge in [-0.1, -0.05) is 11.6 Å². The van der Waals surface area contributed by atoms with Crippen molar-refractivity contribution in [3.8, 4) is 0 Å². The van der Waals surface area contributed by atoms with Gasteiger partial charge in [0.1, 0.15) is 6.54 Å². The van der Waals surface area contributed by atoms with E-state index in [1.165, 1.54) is 6.07 Å². The first kappa shape index (κ1) is 14.1. The van der Waals surface area contributed by atoms with Gasteiger partial charge in [-0.15, -0.1) is 0 Å². The molecule has 1 heterocycles. The summed E-state index contributed by atoms with van der Waals surface area (Å²) >= 11 is 5.83. The highest BCUT2D eigenvalue weighted by Crippen LogP contribution is 2.22. The largest absolute Gasteiger partial charge is 0.397 e. The average molecular weight is 293 g/mol. The highest BCUT2D eigenvalue weighted by Gasteiger charge is 2.08. The van der Waals surface area contributed by atoms with Crippen molar-refractivity contribution in [3.05, 3.63) is 51.4 Å². The zero-order valence-electron chi connectivity index (χ0n) is 10.8. The van der Waals surface area contributed by atoms with Crippen LogP contribution < -0.4 is 16.6 Å². The van der Waals surface area contributed by atoms with E-state index in [-0.39, 0.29) is 12.1 Å². The number of nitrogens with one attached hydrogen (secondary N) is 1. The van der Waals surface area contributed by atoms with Crippen molar-refractivity contribution in [3.63, 3.8) is 0 Å². The van der Waals surface area contributed by atoms with Crippen LogP contribution in [0.3, 0.4) is 0 Å². The molecule has 1 aromatic heterocycles. The van der Waals surface area contributed by atoms with Gasteiger partial charge < -0.3 is 11.1 Å². The maximum atomic E-state index is 11.9. The van der Waals surface area contributed by atoms with Gasteiger partial charge in [-0.3, -0.25) is 9.59 Å². The lowest BCUT2D eigenvalue weighted by Gasteiger charge is -2.09. The molecule has 0 fully saturated rings. The number of aromatic nitrogens is 2. The first-order chi connectivity index (χ1) is 9.45. The standard InChI is InChI=1S/C13H13ClN4O2/c1-8-2-5-13(20)18(17-8)7-12(19)16-11-6-9(14)3-4-10(11)15/h2-6H,7,15H2,1H3,(H,16,19). The van der Waals surface area contributed by atoms with Crippen molar-refractivity contribution in [2.75, 3.05) is 11.1 Å². The van der Waals surface area contributed by atoms with Crippen LogP contribution in [0.2, 0.25) is 5.02 Å².